The Labute approximate surface area is 77.1 Å². The number of aromatic nitrogens is 1. The molecule has 0 radical (unpaired) electrons. The molecule has 2 aromatic rings. The van der Waals surface area contributed by atoms with E-state index in [2.05, 4.69) is 0 Å². The molecular formula is C11H11NO. The van der Waals surface area contributed by atoms with E-state index in [0.29, 0.717) is 5.75 Å². The van der Waals surface area contributed by atoms with Crippen molar-refractivity contribution in [1.82, 2.24) is 4.57 Å². The zero-order valence-electron chi connectivity index (χ0n) is 7.44. The molecule has 0 fully saturated rings. The minimum absolute atomic E-state index is 0.328. The second-order valence-electron chi connectivity index (χ2n) is 3.03. The molecule has 0 saturated heterocycles. The van der Waals surface area contributed by atoms with Crippen LogP contribution in [0.2, 0.25) is 0 Å². The van der Waals surface area contributed by atoms with Gasteiger partial charge in [0.2, 0.25) is 0 Å². The summed E-state index contributed by atoms with van der Waals surface area (Å²) in [7, 11) is 1.92. The molecule has 0 atom stereocenters. The summed E-state index contributed by atoms with van der Waals surface area (Å²) in [6.45, 7) is 0. The summed E-state index contributed by atoms with van der Waals surface area (Å²) in [5.74, 6) is 0.328. The Morgan fingerprint density at radius 2 is 1.77 bits per heavy atom. The lowest BCUT2D eigenvalue weighted by Crippen LogP contribution is -1.88. The van der Waals surface area contributed by atoms with Crippen molar-refractivity contribution in [2.75, 3.05) is 0 Å². The zero-order valence-corrected chi connectivity index (χ0v) is 7.44. The monoisotopic (exact) mass is 173 g/mol. The van der Waals surface area contributed by atoms with Crippen LogP contribution in [-0.2, 0) is 7.05 Å². The lowest BCUT2D eigenvalue weighted by Gasteiger charge is -2.03. The van der Waals surface area contributed by atoms with Gasteiger partial charge in [-0.2, -0.15) is 0 Å². The first-order valence-electron chi connectivity index (χ1n) is 4.19. The van der Waals surface area contributed by atoms with Crippen LogP contribution in [0.1, 0.15) is 0 Å². The fourth-order valence-electron chi connectivity index (χ4n) is 1.46. The molecule has 1 N–H and O–H groups in total. The summed E-state index contributed by atoms with van der Waals surface area (Å²) >= 11 is 0. The maximum absolute atomic E-state index is 9.56. The molecule has 1 aromatic carbocycles. The van der Waals surface area contributed by atoms with Gasteiger partial charge >= 0.3 is 0 Å². The zero-order chi connectivity index (χ0) is 9.26. The van der Waals surface area contributed by atoms with Gasteiger partial charge in [0.1, 0.15) is 5.75 Å². The van der Waals surface area contributed by atoms with E-state index in [-0.39, 0.29) is 0 Å². The van der Waals surface area contributed by atoms with Crippen molar-refractivity contribution < 1.29 is 5.11 Å². The van der Waals surface area contributed by atoms with E-state index in [1.807, 2.05) is 48.1 Å². The smallest absolute Gasteiger partial charge is 0.141 e. The van der Waals surface area contributed by atoms with Crippen LogP contribution in [0.5, 0.6) is 5.75 Å². The average molecular weight is 173 g/mol. The quantitative estimate of drug-likeness (QED) is 0.703. The Kier molecular flexibility index (Phi) is 1.81. The highest BCUT2D eigenvalue weighted by atomic mass is 16.3. The maximum Gasteiger partial charge on any atom is 0.141 e. The van der Waals surface area contributed by atoms with Crippen LogP contribution in [0.25, 0.3) is 11.3 Å². The predicted octanol–water partition coefficient (Wildman–Crippen LogP) is 2.40. The Morgan fingerprint density at radius 3 is 2.31 bits per heavy atom. The third-order valence-corrected chi connectivity index (χ3v) is 2.10. The van der Waals surface area contributed by atoms with Gasteiger partial charge in [0, 0.05) is 18.8 Å². The standard InChI is InChI=1S/C11H11NO/c1-12-8-7-10(13)11(12)9-5-3-2-4-6-9/h2-8,13H,1H3. The van der Waals surface area contributed by atoms with Gasteiger partial charge in [-0.25, -0.2) is 0 Å². The van der Waals surface area contributed by atoms with Crippen LogP contribution in [0, 0.1) is 0 Å². The van der Waals surface area contributed by atoms with Gasteiger partial charge in [-0.05, 0) is 6.07 Å². The fourth-order valence-corrected chi connectivity index (χ4v) is 1.46. The van der Waals surface area contributed by atoms with Crippen molar-refractivity contribution in [3.63, 3.8) is 0 Å². The summed E-state index contributed by atoms with van der Waals surface area (Å²) in [6, 6.07) is 11.5. The van der Waals surface area contributed by atoms with Gasteiger partial charge in [-0.15, -0.1) is 0 Å². The predicted molar refractivity (Wildman–Crippen MR) is 52.5 cm³/mol. The van der Waals surface area contributed by atoms with Crippen LogP contribution in [0.15, 0.2) is 42.6 Å². The Balaban J connectivity index is 2.59. The second-order valence-corrected chi connectivity index (χ2v) is 3.03. The van der Waals surface area contributed by atoms with E-state index in [4.69, 9.17) is 0 Å². The van der Waals surface area contributed by atoms with Crippen molar-refractivity contribution >= 4 is 0 Å². The summed E-state index contributed by atoms with van der Waals surface area (Å²) in [6.07, 6.45) is 1.84. The molecule has 1 heterocycles. The highest BCUT2D eigenvalue weighted by Crippen LogP contribution is 2.28. The minimum atomic E-state index is 0.328. The first kappa shape index (κ1) is 7.92. The molecule has 1 aromatic heterocycles. The number of nitrogens with zero attached hydrogens (tertiary/aromatic N) is 1. The van der Waals surface area contributed by atoms with Gasteiger partial charge < -0.3 is 9.67 Å². The maximum atomic E-state index is 9.56. The molecule has 0 aliphatic heterocycles. The summed E-state index contributed by atoms with van der Waals surface area (Å²) in [5, 5.41) is 9.56. The SMILES string of the molecule is Cn1ccc(O)c1-c1ccccc1. The van der Waals surface area contributed by atoms with Gasteiger partial charge in [-0.1, -0.05) is 30.3 Å². The molecule has 0 amide bonds. The third kappa shape index (κ3) is 1.31. The summed E-state index contributed by atoms with van der Waals surface area (Å²) in [5.41, 5.74) is 1.90. The van der Waals surface area contributed by atoms with Crippen molar-refractivity contribution in [3.05, 3.63) is 42.6 Å². The molecule has 0 spiro atoms. The molecular weight excluding hydrogens is 162 g/mol. The average Bonchev–Trinajstić information content (AvgIpc) is 2.48. The molecule has 0 saturated carbocycles. The molecule has 13 heavy (non-hydrogen) atoms. The van der Waals surface area contributed by atoms with E-state index in [0.717, 1.165) is 11.3 Å². The number of aromatic hydroxyl groups is 1. The number of hydrogen-bond donors (Lipinski definition) is 1. The molecule has 2 rings (SSSR count). The Morgan fingerprint density at radius 1 is 1.08 bits per heavy atom. The summed E-state index contributed by atoms with van der Waals surface area (Å²) in [4.78, 5) is 0. The third-order valence-electron chi connectivity index (χ3n) is 2.10. The number of aryl methyl sites for hydroxylation is 1. The Bertz CT molecular complexity index is 384. The van der Waals surface area contributed by atoms with E-state index < -0.39 is 0 Å². The van der Waals surface area contributed by atoms with Crippen LogP contribution >= 0.6 is 0 Å². The molecule has 66 valence electrons. The summed E-state index contributed by atoms with van der Waals surface area (Å²) < 4.78 is 1.91. The highest BCUT2D eigenvalue weighted by molar-refractivity contribution is 5.66. The Hall–Kier alpha value is -1.70. The van der Waals surface area contributed by atoms with Crippen molar-refractivity contribution in [2.24, 2.45) is 7.05 Å². The minimum Gasteiger partial charge on any atom is -0.506 e. The first-order chi connectivity index (χ1) is 6.29. The molecule has 0 aliphatic rings. The molecule has 0 bridgehead atoms. The van der Waals surface area contributed by atoms with Crippen LogP contribution in [0.4, 0.5) is 0 Å². The first-order valence-corrected chi connectivity index (χ1v) is 4.19. The molecule has 0 aliphatic carbocycles. The number of benzene rings is 1. The number of hydrogen-bond acceptors (Lipinski definition) is 1. The highest BCUT2D eigenvalue weighted by Gasteiger charge is 2.06. The van der Waals surface area contributed by atoms with Gasteiger partial charge in [0.15, 0.2) is 0 Å². The van der Waals surface area contributed by atoms with Crippen LogP contribution in [-0.4, -0.2) is 9.67 Å². The molecule has 2 nitrogen and oxygen atoms in total. The second kappa shape index (κ2) is 2.98. The molecule has 2 heteroatoms. The normalized spacial score (nSPS) is 10.2. The van der Waals surface area contributed by atoms with Crippen LogP contribution < -0.4 is 0 Å². The van der Waals surface area contributed by atoms with Gasteiger partial charge in [0.05, 0.1) is 5.69 Å². The van der Waals surface area contributed by atoms with Gasteiger partial charge in [0.25, 0.3) is 0 Å². The largest absolute Gasteiger partial charge is 0.506 e. The molecule has 0 unspecified atom stereocenters. The van der Waals surface area contributed by atoms with E-state index in [1.54, 1.807) is 6.07 Å². The van der Waals surface area contributed by atoms with E-state index in [1.165, 1.54) is 0 Å². The topological polar surface area (TPSA) is 25.2 Å². The van der Waals surface area contributed by atoms with E-state index in [9.17, 15) is 5.11 Å². The van der Waals surface area contributed by atoms with Crippen molar-refractivity contribution in [2.45, 2.75) is 0 Å². The lowest BCUT2D eigenvalue weighted by molar-refractivity contribution is 0.477. The van der Waals surface area contributed by atoms with Crippen molar-refractivity contribution in [3.8, 4) is 17.0 Å². The fraction of sp³-hybridized carbons (Fsp3) is 0.0909. The van der Waals surface area contributed by atoms with E-state index >= 15 is 0 Å². The number of rotatable bonds is 1. The van der Waals surface area contributed by atoms with Gasteiger partial charge in [-0.3, -0.25) is 0 Å². The van der Waals surface area contributed by atoms with Crippen molar-refractivity contribution in [1.29, 1.82) is 0 Å². The lowest BCUT2D eigenvalue weighted by atomic mass is 10.1. The van der Waals surface area contributed by atoms with Crippen LogP contribution in [0.3, 0.4) is 0 Å².